The lowest BCUT2D eigenvalue weighted by atomic mass is 10.0. The fraction of sp³-hybridized carbons (Fsp3) is 0.500. The Morgan fingerprint density at radius 1 is 1.06 bits per heavy atom. The molecule has 0 radical (unpaired) electrons. The van der Waals surface area contributed by atoms with E-state index in [2.05, 4.69) is 0 Å². The topological polar surface area (TPSA) is 0 Å². The van der Waals surface area contributed by atoms with Crippen molar-refractivity contribution in [2.24, 2.45) is 0 Å². The van der Waals surface area contributed by atoms with E-state index in [0.717, 1.165) is 24.1 Å². The van der Waals surface area contributed by atoms with Gasteiger partial charge in [-0.1, -0.05) is 12.1 Å². The lowest BCUT2D eigenvalue weighted by Gasteiger charge is -2.15. The van der Waals surface area contributed by atoms with Crippen molar-refractivity contribution in [3.63, 3.8) is 0 Å². The normalized spacial score (nSPS) is 12.9. The summed E-state index contributed by atoms with van der Waals surface area (Å²) in [6, 6.07) is 5.23. The van der Waals surface area contributed by atoms with Crippen LogP contribution in [0.3, 0.4) is 0 Å². The molecule has 1 aromatic carbocycles. The maximum atomic E-state index is 12.3. The number of halogens is 4. The van der Waals surface area contributed by atoms with Gasteiger partial charge in [0.15, 0.2) is 0 Å². The van der Waals surface area contributed by atoms with Crippen LogP contribution in [-0.2, 0) is 12.6 Å². The van der Waals surface area contributed by atoms with E-state index in [9.17, 15) is 13.2 Å². The van der Waals surface area contributed by atoms with Crippen molar-refractivity contribution in [2.45, 2.75) is 37.7 Å². The molecule has 0 aromatic heterocycles. The fourth-order valence-electron chi connectivity index (χ4n) is 1.30. The molecule has 0 bridgehead atoms. The van der Waals surface area contributed by atoms with E-state index in [-0.39, 0.29) is 4.87 Å². The second-order valence-electron chi connectivity index (χ2n) is 4.41. The van der Waals surface area contributed by atoms with Crippen molar-refractivity contribution in [1.29, 1.82) is 0 Å². The van der Waals surface area contributed by atoms with Crippen LogP contribution >= 0.6 is 11.6 Å². The Morgan fingerprint density at radius 2 is 1.56 bits per heavy atom. The highest BCUT2D eigenvalue weighted by atomic mass is 35.5. The van der Waals surface area contributed by atoms with Crippen LogP contribution in [0.1, 0.15) is 31.4 Å². The Kier molecular flexibility index (Phi) is 3.89. The highest BCUT2D eigenvalue weighted by Gasteiger charge is 2.29. The number of hydrogen-bond acceptors (Lipinski definition) is 0. The summed E-state index contributed by atoms with van der Waals surface area (Å²) in [7, 11) is 0. The standard InChI is InChI=1S/C12H14ClF3/c1-11(2,13)8-7-9-3-5-10(6-4-9)12(14,15)16/h3-6H,7-8H2,1-2H3. The Morgan fingerprint density at radius 3 is 1.94 bits per heavy atom. The van der Waals surface area contributed by atoms with E-state index in [1.54, 1.807) is 0 Å². The van der Waals surface area contributed by atoms with Gasteiger partial charge >= 0.3 is 6.18 Å². The lowest BCUT2D eigenvalue weighted by molar-refractivity contribution is -0.137. The van der Waals surface area contributed by atoms with Gasteiger partial charge in [-0.25, -0.2) is 0 Å². The molecule has 4 heteroatoms. The second kappa shape index (κ2) is 4.66. The third-order valence-corrected chi connectivity index (χ3v) is 2.48. The molecule has 0 aliphatic heterocycles. The van der Waals surface area contributed by atoms with Crippen molar-refractivity contribution in [1.82, 2.24) is 0 Å². The van der Waals surface area contributed by atoms with Gasteiger partial charge in [-0.2, -0.15) is 13.2 Å². The molecule has 0 aliphatic rings. The molecule has 0 aliphatic carbocycles. The molecule has 0 N–H and O–H groups in total. The quantitative estimate of drug-likeness (QED) is 0.685. The lowest BCUT2D eigenvalue weighted by Crippen LogP contribution is -2.11. The zero-order chi connectivity index (χ0) is 12.4. The predicted octanol–water partition coefficient (Wildman–Crippen LogP) is 4.66. The van der Waals surface area contributed by atoms with Crippen LogP contribution in [0.2, 0.25) is 0 Å². The molecule has 1 rings (SSSR count). The van der Waals surface area contributed by atoms with Crippen LogP contribution in [-0.4, -0.2) is 4.87 Å². The Balaban J connectivity index is 2.66. The van der Waals surface area contributed by atoms with E-state index in [4.69, 9.17) is 11.6 Å². The van der Waals surface area contributed by atoms with Gasteiger partial charge in [0.1, 0.15) is 0 Å². The molecule has 0 nitrogen and oxygen atoms in total. The summed E-state index contributed by atoms with van der Waals surface area (Å²) < 4.78 is 36.8. The second-order valence-corrected chi connectivity index (χ2v) is 5.44. The summed E-state index contributed by atoms with van der Waals surface area (Å²) >= 11 is 6.01. The average Bonchev–Trinajstić information content (AvgIpc) is 2.13. The molecule has 0 amide bonds. The number of hydrogen-bond donors (Lipinski definition) is 0. The summed E-state index contributed by atoms with van der Waals surface area (Å²) in [6.45, 7) is 3.78. The molecule has 90 valence electrons. The van der Waals surface area contributed by atoms with Gasteiger partial charge in [0, 0.05) is 4.87 Å². The fourth-order valence-corrected chi connectivity index (χ4v) is 1.40. The van der Waals surface area contributed by atoms with Gasteiger partial charge in [0.2, 0.25) is 0 Å². The Bertz CT molecular complexity index is 333. The van der Waals surface area contributed by atoms with Gasteiger partial charge in [-0.05, 0) is 44.4 Å². The van der Waals surface area contributed by atoms with Gasteiger partial charge in [-0.3, -0.25) is 0 Å². The molecule has 0 saturated heterocycles. The van der Waals surface area contributed by atoms with Gasteiger partial charge in [0.05, 0.1) is 5.56 Å². The van der Waals surface area contributed by atoms with Crippen LogP contribution < -0.4 is 0 Å². The van der Waals surface area contributed by atoms with Crippen LogP contribution in [0.4, 0.5) is 13.2 Å². The smallest absolute Gasteiger partial charge is 0.166 e. The summed E-state index contributed by atoms with van der Waals surface area (Å²) in [5.41, 5.74) is 0.267. The summed E-state index contributed by atoms with van der Waals surface area (Å²) in [4.78, 5) is -0.317. The summed E-state index contributed by atoms with van der Waals surface area (Å²) in [5, 5.41) is 0. The maximum Gasteiger partial charge on any atom is 0.416 e. The van der Waals surface area contributed by atoms with Crippen molar-refractivity contribution >= 4 is 11.6 Å². The largest absolute Gasteiger partial charge is 0.416 e. The minimum Gasteiger partial charge on any atom is -0.166 e. The van der Waals surface area contributed by atoms with Crippen molar-refractivity contribution in [2.75, 3.05) is 0 Å². The maximum absolute atomic E-state index is 12.3. The number of aryl methyl sites for hydroxylation is 1. The predicted molar refractivity (Wildman–Crippen MR) is 59.7 cm³/mol. The van der Waals surface area contributed by atoms with Crippen LogP contribution in [0.15, 0.2) is 24.3 Å². The first-order valence-electron chi connectivity index (χ1n) is 5.03. The number of alkyl halides is 4. The highest BCUT2D eigenvalue weighted by molar-refractivity contribution is 6.23. The Labute approximate surface area is 98.4 Å². The first kappa shape index (κ1) is 13.4. The minimum absolute atomic E-state index is 0.317. The average molecular weight is 251 g/mol. The molecule has 0 heterocycles. The molecular formula is C12H14ClF3. The number of benzene rings is 1. The number of rotatable bonds is 3. The molecule has 1 aromatic rings. The molecule has 16 heavy (non-hydrogen) atoms. The highest BCUT2D eigenvalue weighted by Crippen LogP contribution is 2.29. The van der Waals surface area contributed by atoms with E-state index in [1.165, 1.54) is 12.1 Å². The monoisotopic (exact) mass is 250 g/mol. The molecule has 0 saturated carbocycles. The molecule has 0 atom stereocenters. The van der Waals surface area contributed by atoms with Crippen molar-refractivity contribution < 1.29 is 13.2 Å². The molecule has 0 unspecified atom stereocenters. The Hall–Kier alpha value is -0.700. The van der Waals surface area contributed by atoms with Gasteiger partial charge in [0.25, 0.3) is 0 Å². The summed E-state index contributed by atoms with van der Waals surface area (Å²) in [6.07, 6.45) is -2.83. The third-order valence-electron chi connectivity index (χ3n) is 2.29. The SMILES string of the molecule is CC(C)(Cl)CCc1ccc(C(F)(F)F)cc1. The van der Waals surface area contributed by atoms with Gasteiger partial charge in [-0.15, -0.1) is 11.6 Å². The first-order chi connectivity index (χ1) is 7.18. The zero-order valence-electron chi connectivity index (χ0n) is 9.24. The summed E-state index contributed by atoms with van der Waals surface area (Å²) in [5.74, 6) is 0. The van der Waals surface area contributed by atoms with E-state index in [1.807, 2.05) is 13.8 Å². The van der Waals surface area contributed by atoms with Crippen molar-refractivity contribution in [3.05, 3.63) is 35.4 Å². The van der Waals surface area contributed by atoms with E-state index in [0.29, 0.717) is 6.42 Å². The van der Waals surface area contributed by atoms with Gasteiger partial charge < -0.3 is 0 Å². The minimum atomic E-state index is -4.26. The van der Waals surface area contributed by atoms with Crippen LogP contribution in [0.5, 0.6) is 0 Å². The first-order valence-corrected chi connectivity index (χ1v) is 5.41. The van der Waals surface area contributed by atoms with E-state index < -0.39 is 11.7 Å². The molecular weight excluding hydrogens is 237 g/mol. The van der Waals surface area contributed by atoms with Crippen LogP contribution in [0.25, 0.3) is 0 Å². The van der Waals surface area contributed by atoms with E-state index >= 15 is 0 Å². The van der Waals surface area contributed by atoms with Crippen LogP contribution in [0, 0.1) is 0 Å². The van der Waals surface area contributed by atoms with Crippen molar-refractivity contribution in [3.8, 4) is 0 Å². The molecule has 0 spiro atoms. The zero-order valence-corrected chi connectivity index (χ0v) is 9.99. The molecule has 0 fully saturated rings. The third kappa shape index (κ3) is 4.44.